The molecule has 37 heavy (non-hydrogen) atoms. The maximum Gasteiger partial charge on any atom is 0.228 e. The zero-order valence-corrected chi connectivity index (χ0v) is 21.2. The molecule has 0 unspecified atom stereocenters. The van der Waals surface area contributed by atoms with E-state index in [2.05, 4.69) is 46.2 Å². The van der Waals surface area contributed by atoms with Gasteiger partial charge < -0.3 is 24.3 Å². The summed E-state index contributed by atoms with van der Waals surface area (Å²) in [4.78, 5) is 22.9. The van der Waals surface area contributed by atoms with Crippen LogP contribution in [-0.4, -0.2) is 69.8 Å². The number of methoxy groups -OCH3 is 1. The molecule has 1 amide bonds. The van der Waals surface area contributed by atoms with E-state index in [1.54, 1.807) is 13.2 Å². The molecule has 3 aromatic carbocycles. The molecule has 2 fully saturated rings. The average molecular weight is 501 g/mol. The number of amides is 1. The Balaban J connectivity index is 1.24. The van der Waals surface area contributed by atoms with Crippen molar-refractivity contribution >= 4 is 23.0 Å². The molecule has 2 saturated heterocycles. The molecule has 7 heteroatoms. The molecule has 0 saturated carbocycles. The number of nitrogens with zero attached hydrogens (tertiary/aromatic N) is 4. The highest BCUT2D eigenvalue weighted by molar-refractivity contribution is 5.83. The van der Waals surface area contributed by atoms with E-state index in [-0.39, 0.29) is 23.7 Å². The first kappa shape index (κ1) is 23.6. The summed E-state index contributed by atoms with van der Waals surface area (Å²) in [5.41, 5.74) is 4.20. The van der Waals surface area contributed by atoms with Crippen LogP contribution >= 0.6 is 0 Å². The van der Waals surface area contributed by atoms with Gasteiger partial charge in [0.15, 0.2) is 0 Å². The van der Waals surface area contributed by atoms with Gasteiger partial charge in [0.2, 0.25) is 5.91 Å². The molecule has 3 aliphatic rings. The number of hydrogen-bond donors (Lipinski definition) is 0. The summed E-state index contributed by atoms with van der Waals surface area (Å²) in [6, 6.07) is 23.7. The second-order valence-corrected chi connectivity index (χ2v) is 10.1. The molecule has 0 radical (unpaired) electrons. The van der Waals surface area contributed by atoms with Crippen LogP contribution in [0.25, 0.3) is 0 Å². The predicted molar refractivity (Wildman–Crippen MR) is 145 cm³/mol. The number of para-hydroxylation sites is 2. The predicted octanol–water partition coefficient (Wildman–Crippen LogP) is 4.05. The van der Waals surface area contributed by atoms with Crippen LogP contribution in [0.2, 0.25) is 0 Å². The molecule has 2 atom stereocenters. The van der Waals surface area contributed by atoms with Gasteiger partial charge in [-0.3, -0.25) is 4.79 Å². The first-order valence-corrected chi connectivity index (χ1v) is 13.1. The normalized spacial score (nSPS) is 21.4. The summed E-state index contributed by atoms with van der Waals surface area (Å²) >= 11 is 0. The number of benzene rings is 3. The fourth-order valence-electron chi connectivity index (χ4n) is 6.17. The molecular weight excluding hydrogens is 467 g/mol. The van der Waals surface area contributed by atoms with Crippen LogP contribution in [-0.2, 0) is 11.2 Å². The van der Waals surface area contributed by atoms with Crippen molar-refractivity contribution in [1.82, 2.24) is 4.90 Å². The quantitative estimate of drug-likeness (QED) is 0.541. The average Bonchev–Trinajstić information content (AvgIpc) is 2.96. The van der Waals surface area contributed by atoms with Crippen LogP contribution in [0.5, 0.6) is 5.75 Å². The zero-order valence-electron chi connectivity index (χ0n) is 21.2. The number of carbonyl (C=O) groups is 1. The first-order valence-electron chi connectivity index (χ1n) is 13.1. The monoisotopic (exact) mass is 500 g/mol. The molecule has 0 aromatic heterocycles. The lowest BCUT2D eigenvalue weighted by Gasteiger charge is -2.50. The lowest BCUT2D eigenvalue weighted by Crippen LogP contribution is -2.62. The third-order valence-electron chi connectivity index (χ3n) is 8.15. The van der Waals surface area contributed by atoms with Crippen LogP contribution in [0.4, 0.5) is 21.5 Å². The van der Waals surface area contributed by atoms with E-state index in [4.69, 9.17) is 4.74 Å². The van der Waals surface area contributed by atoms with Crippen molar-refractivity contribution in [2.45, 2.75) is 12.5 Å². The Hall–Kier alpha value is -3.74. The molecule has 0 bridgehead atoms. The molecule has 0 spiro atoms. The van der Waals surface area contributed by atoms with E-state index in [1.807, 2.05) is 34.1 Å². The summed E-state index contributed by atoms with van der Waals surface area (Å²) in [5.74, 6) is 0.712. The molecule has 6 nitrogen and oxygen atoms in total. The number of ether oxygens (including phenoxy) is 1. The minimum atomic E-state index is -0.208. The molecule has 6 rings (SSSR count). The van der Waals surface area contributed by atoms with E-state index < -0.39 is 0 Å². The van der Waals surface area contributed by atoms with Crippen molar-refractivity contribution in [1.29, 1.82) is 0 Å². The van der Waals surface area contributed by atoms with Crippen LogP contribution in [0.1, 0.15) is 5.56 Å². The molecule has 3 aliphatic heterocycles. The van der Waals surface area contributed by atoms with E-state index in [9.17, 15) is 9.18 Å². The highest BCUT2D eigenvalue weighted by Gasteiger charge is 2.43. The number of anilines is 3. The van der Waals surface area contributed by atoms with Crippen molar-refractivity contribution in [3.63, 3.8) is 0 Å². The second kappa shape index (κ2) is 9.96. The molecule has 0 N–H and O–H groups in total. The summed E-state index contributed by atoms with van der Waals surface area (Å²) in [7, 11) is 1.70. The third-order valence-corrected chi connectivity index (χ3v) is 8.15. The minimum Gasteiger partial charge on any atom is -0.497 e. The Morgan fingerprint density at radius 2 is 1.57 bits per heavy atom. The molecule has 192 valence electrons. The Labute approximate surface area is 217 Å². The lowest BCUT2D eigenvalue weighted by atomic mass is 9.82. The maximum absolute atomic E-state index is 14.3. The van der Waals surface area contributed by atoms with E-state index in [1.165, 1.54) is 23.0 Å². The van der Waals surface area contributed by atoms with E-state index in [0.717, 1.165) is 31.8 Å². The van der Waals surface area contributed by atoms with Gasteiger partial charge in [-0.05, 0) is 42.3 Å². The maximum atomic E-state index is 14.3. The van der Waals surface area contributed by atoms with Crippen LogP contribution in [0, 0.1) is 11.7 Å². The number of carbonyl (C=O) groups excluding carboxylic acids is 1. The van der Waals surface area contributed by atoms with Gasteiger partial charge >= 0.3 is 0 Å². The van der Waals surface area contributed by atoms with Gasteiger partial charge in [0.05, 0.1) is 24.8 Å². The molecular formula is C30H33FN4O2. The van der Waals surface area contributed by atoms with Crippen molar-refractivity contribution in [2.24, 2.45) is 5.92 Å². The van der Waals surface area contributed by atoms with E-state index in [0.29, 0.717) is 31.9 Å². The Kier molecular flexibility index (Phi) is 6.37. The molecule has 0 aliphatic carbocycles. The lowest BCUT2D eigenvalue weighted by molar-refractivity contribution is -0.136. The Morgan fingerprint density at radius 1 is 0.838 bits per heavy atom. The molecule has 3 aromatic rings. The summed E-state index contributed by atoms with van der Waals surface area (Å²) in [6.45, 7) is 5.04. The van der Waals surface area contributed by atoms with Crippen molar-refractivity contribution in [2.75, 3.05) is 67.6 Å². The third kappa shape index (κ3) is 4.47. The van der Waals surface area contributed by atoms with Crippen molar-refractivity contribution in [3.8, 4) is 5.75 Å². The Morgan fingerprint density at radius 3 is 2.32 bits per heavy atom. The standard InChI is InChI=1S/C30H33FN4O2/c1-37-24-12-11-22-19-25(30(36)33-15-13-32(14-16-33)27-10-6-5-9-26(27)31)29-21-34(23-7-3-2-4-8-23)17-18-35(29)28(22)20-24/h2-12,20,25,29H,13-19,21H2,1H3/t25-,29-/m0/s1. The largest absolute Gasteiger partial charge is 0.497 e. The van der Waals surface area contributed by atoms with Gasteiger partial charge in [-0.1, -0.05) is 36.4 Å². The highest BCUT2D eigenvalue weighted by atomic mass is 19.1. The van der Waals surface area contributed by atoms with Gasteiger partial charge in [-0.2, -0.15) is 0 Å². The van der Waals surface area contributed by atoms with Crippen LogP contribution in [0.15, 0.2) is 72.8 Å². The van der Waals surface area contributed by atoms with Gasteiger partial charge in [-0.25, -0.2) is 4.39 Å². The van der Waals surface area contributed by atoms with Crippen molar-refractivity contribution in [3.05, 3.63) is 84.2 Å². The Bertz CT molecular complexity index is 1260. The number of hydrogen-bond acceptors (Lipinski definition) is 5. The fourth-order valence-corrected chi connectivity index (χ4v) is 6.17. The summed E-state index contributed by atoms with van der Waals surface area (Å²) < 4.78 is 19.9. The van der Waals surface area contributed by atoms with Gasteiger partial charge in [0.1, 0.15) is 11.6 Å². The van der Waals surface area contributed by atoms with Gasteiger partial charge in [0, 0.05) is 63.3 Å². The van der Waals surface area contributed by atoms with Gasteiger partial charge in [0.25, 0.3) is 0 Å². The smallest absolute Gasteiger partial charge is 0.228 e. The highest BCUT2D eigenvalue weighted by Crippen LogP contribution is 2.39. The number of fused-ring (bicyclic) bond motifs is 3. The summed E-state index contributed by atoms with van der Waals surface area (Å²) in [6.07, 6.45) is 0.718. The minimum absolute atomic E-state index is 0.0747. The first-order chi connectivity index (χ1) is 18.1. The number of rotatable bonds is 4. The van der Waals surface area contributed by atoms with E-state index >= 15 is 0 Å². The van der Waals surface area contributed by atoms with Crippen LogP contribution < -0.4 is 19.4 Å². The fraction of sp³-hybridized carbons (Fsp3) is 0.367. The second-order valence-electron chi connectivity index (χ2n) is 10.1. The van der Waals surface area contributed by atoms with Crippen LogP contribution in [0.3, 0.4) is 0 Å². The number of halogens is 1. The number of piperazine rings is 2. The van der Waals surface area contributed by atoms with Gasteiger partial charge in [-0.15, -0.1) is 0 Å². The summed E-state index contributed by atoms with van der Waals surface area (Å²) in [5, 5.41) is 0. The SMILES string of the molecule is COc1ccc2c(c1)N1CCN(c3ccccc3)C[C@H]1[C@@H](C(=O)N1CCN(c3ccccc3F)CC1)C2. The zero-order chi connectivity index (χ0) is 25.4. The van der Waals surface area contributed by atoms with Crippen molar-refractivity contribution < 1.29 is 13.9 Å². The topological polar surface area (TPSA) is 39.3 Å². The molecule has 3 heterocycles.